The number of carbonyl (C=O) groups is 1. The molecule has 0 atom stereocenters. The molecule has 0 radical (unpaired) electrons. The second kappa shape index (κ2) is 10.2. The van der Waals surface area contributed by atoms with Crippen molar-refractivity contribution in [1.29, 1.82) is 5.26 Å². The molecule has 32 heavy (non-hydrogen) atoms. The van der Waals surface area contributed by atoms with Crippen molar-refractivity contribution in [1.82, 2.24) is 14.8 Å². The van der Waals surface area contributed by atoms with Gasteiger partial charge in [0.05, 0.1) is 11.3 Å². The van der Waals surface area contributed by atoms with Gasteiger partial charge in [-0.15, -0.1) is 32.9 Å². The number of thiophene rings is 2. The van der Waals surface area contributed by atoms with Crippen LogP contribution in [0.25, 0.3) is 11.4 Å². The van der Waals surface area contributed by atoms with Crippen molar-refractivity contribution in [3.05, 3.63) is 32.3 Å². The van der Waals surface area contributed by atoms with Gasteiger partial charge in [-0.05, 0) is 58.1 Å². The van der Waals surface area contributed by atoms with Gasteiger partial charge in [-0.3, -0.25) is 9.36 Å². The summed E-state index contributed by atoms with van der Waals surface area (Å²) in [6.07, 6.45) is 6.64. The molecule has 6 nitrogen and oxygen atoms in total. The van der Waals surface area contributed by atoms with Crippen molar-refractivity contribution in [2.75, 3.05) is 11.1 Å². The van der Waals surface area contributed by atoms with Crippen LogP contribution in [0.5, 0.6) is 0 Å². The van der Waals surface area contributed by atoms with Gasteiger partial charge in [-0.1, -0.05) is 24.6 Å². The number of fused-ring (bicyclic) bond motifs is 1. The van der Waals surface area contributed by atoms with Gasteiger partial charge in [0, 0.05) is 26.7 Å². The Hall–Kier alpha value is -2.15. The molecule has 168 valence electrons. The largest absolute Gasteiger partial charge is 0.316 e. The molecule has 0 spiro atoms. The normalized spacial score (nSPS) is 14.0. The quantitative estimate of drug-likeness (QED) is 0.419. The summed E-state index contributed by atoms with van der Waals surface area (Å²) >= 11 is 4.65. The number of nitrogens with zero attached hydrogens (tertiary/aromatic N) is 4. The van der Waals surface area contributed by atoms with Crippen LogP contribution in [0.1, 0.15) is 66.5 Å². The molecule has 9 heteroatoms. The van der Waals surface area contributed by atoms with Crippen LogP contribution in [-0.2, 0) is 17.6 Å². The number of amides is 1. The lowest BCUT2D eigenvalue weighted by atomic mass is 9.97. The van der Waals surface area contributed by atoms with Crippen LogP contribution < -0.4 is 5.32 Å². The molecule has 0 aliphatic heterocycles. The molecule has 0 fully saturated rings. The van der Waals surface area contributed by atoms with Crippen LogP contribution in [0.4, 0.5) is 5.00 Å². The minimum Gasteiger partial charge on any atom is -0.316 e. The predicted octanol–water partition coefficient (Wildman–Crippen LogP) is 6.22. The summed E-state index contributed by atoms with van der Waals surface area (Å²) in [7, 11) is 0. The zero-order valence-electron chi connectivity index (χ0n) is 18.6. The molecule has 0 saturated carbocycles. The number of anilines is 1. The minimum atomic E-state index is -0.119. The Kier molecular flexibility index (Phi) is 7.33. The van der Waals surface area contributed by atoms with Gasteiger partial charge in [0.1, 0.15) is 11.1 Å². The molecule has 3 aromatic rings. The Labute approximate surface area is 201 Å². The van der Waals surface area contributed by atoms with E-state index in [-0.39, 0.29) is 17.7 Å². The van der Waals surface area contributed by atoms with Crippen molar-refractivity contribution in [3.63, 3.8) is 0 Å². The Morgan fingerprint density at radius 3 is 2.75 bits per heavy atom. The lowest BCUT2D eigenvalue weighted by Gasteiger charge is -2.13. The number of rotatable bonds is 6. The summed E-state index contributed by atoms with van der Waals surface area (Å²) in [6, 6.07) is 4.63. The Morgan fingerprint density at radius 2 is 2.06 bits per heavy atom. The van der Waals surface area contributed by atoms with E-state index >= 15 is 0 Å². The van der Waals surface area contributed by atoms with E-state index in [1.54, 1.807) is 22.7 Å². The fourth-order valence-corrected chi connectivity index (χ4v) is 6.82. The number of nitriles is 1. The molecular weight excluding hydrogens is 458 g/mol. The van der Waals surface area contributed by atoms with Gasteiger partial charge in [-0.25, -0.2) is 0 Å². The van der Waals surface area contributed by atoms with Crippen molar-refractivity contribution in [3.8, 4) is 17.5 Å². The number of hydrogen-bond acceptors (Lipinski definition) is 7. The van der Waals surface area contributed by atoms with Crippen molar-refractivity contribution < 1.29 is 4.79 Å². The highest BCUT2D eigenvalue weighted by Gasteiger charge is 2.22. The highest BCUT2D eigenvalue weighted by atomic mass is 32.2. The monoisotopic (exact) mass is 485 g/mol. The van der Waals surface area contributed by atoms with E-state index in [9.17, 15) is 10.1 Å². The first-order valence-corrected chi connectivity index (χ1v) is 13.6. The van der Waals surface area contributed by atoms with Gasteiger partial charge < -0.3 is 5.32 Å². The maximum Gasteiger partial charge on any atom is 0.235 e. The smallest absolute Gasteiger partial charge is 0.235 e. The number of aryl methyl sites for hydroxylation is 2. The second-order valence-corrected chi connectivity index (χ2v) is 11.4. The molecule has 0 aromatic carbocycles. The average molecular weight is 486 g/mol. The number of hydrogen-bond donors (Lipinski definition) is 1. The molecule has 0 unspecified atom stereocenters. The van der Waals surface area contributed by atoms with Crippen molar-refractivity contribution in [2.45, 2.75) is 70.5 Å². The van der Waals surface area contributed by atoms with Crippen LogP contribution in [0, 0.1) is 18.3 Å². The van der Waals surface area contributed by atoms with Crippen LogP contribution >= 0.6 is 34.4 Å². The van der Waals surface area contributed by atoms with Crippen LogP contribution in [0.3, 0.4) is 0 Å². The first-order chi connectivity index (χ1) is 15.5. The van der Waals surface area contributed by atoms with Crippen molar-refractivity contribution in [2.24, 2.45) is 0 Å². The first kappa shape index (κ1) is 23.0. The van der Waals surface area contributed by atoms with Crippen LogP contribution in [0.15, 0.2) is 16.6 Å². The molecule has 0 saturated heterocycles. The zero-order chi connectivity index (χ0) is 22.7. The van der Waals surface area contributed by atoms with Gasteiger partial charge in [0.25, 0.3) is 0 Å². The fraction of sp³-hybridized carbons (Fsp3) is 0.478. The Balaban J connectivity index is 1.48. The number of aromatic nitrogens is 3. The van der Waals surface area contributed by atoms with E-state index < -0.39 is 0 Å². The maximum absolute atomic E-state index is 12.8. The molecule has 1 aliphatic carbocycles. The highest BCUT2D eigenvalue weighted by molar-refractivity contribution is 7.99. The third-order valence-electron chi connectivity index (χ3n) is 5.54. The summed E-state index contributed by atoms with van der Waals surface area (Å²) < 4.78 is 2.08. The summed E-state index contributed by atoms with van der Waals surface area (Å²) in [5, 5.41) is 25.0. The average Bonchev–Trinajstić information content (AvgIpc) is 3.43. The van der Waals surface area contributed by atoms with Gasteiger partial charge in [0.2, 0.25) is 5.91 Å². The van der Waals surface area contributed by atoms with E-state index in [1.165, 1.54) is 34.4 Å². The topological polar surface area (TPSA) is 83.6 Å². The molecule has 3 aromatic heterocycles. The Bertz CT molecular complexity index is 1150. The lowest BCUT2D eigenvalue weighted by molar-refractivity contribution is -0.113. The summed E-state index contributed by atoms with van der Waals surface area (Å²) in [5.74, 6) is 0.935. The van der Waals surface area contributed by atoms with Gasteiger partial charge in [-0.2, -0.15) is 5.26 Å². The number of thioether (sulfide) groups is 1. The number of nitrogens with one attached hydrogen (secondary N) is 1. The van der Waals surface area contributed by atoms with E-state index in [4.69, 9.17) is 0 Å². The van der Waals surface area contributed by atoms with Crippen molar-refractivity contribution >= 4 is 45.3 Å². The van der Waals surface area contributed by atoms with E-state index in [0.717, 1.165) is 47.8 Å². The molecular formula is C23H27N5OS3. The van der Waals surface area contributed by atoms with E-state index in [2.05, 4.69) is 58.4 Å². The maximum atomic E-state index is 12.8. The van der Waals surface area contributed by atoms with Gasteiger partial charge >= 0.3 is 0 Å². The zero-order valence-corrected chi connectivity index (χ0v) is 21.1. The minimum absolute atomic E-state index is 0.119. The predicted molar refractivity (Wildman–Crippen MR) is 133 cm³/mol. The second-order valence-electron chi connectivity index (χ2n) is 8.29. The molecule has 1 N–H and O–H groups in total. The van der Waals surface area contributed by atoms with E-state index in [0.29, 0.717) is 10.6 Å². The molecule has 1 amide bonds. The number of carbonyl (C=O) groups excluding carboxylic acids is 1. The molecule has 3 heterocycles. The third kappa shape index (κ3) is 4.92. The molecule has 0 bridgehead atoms. The first-order valence-electron chi connectivity index (χ1n) is 11.0. The van der Waals surface area contributed by atoms with Crippen LogP contribution in [-0.4, -0.2) is 26.4 Å². The standard InChI is InChI=1S/C23H27N5OS3/c1-14(2)28-21(16-10-15(3)30-12-16)26-27-23(28)31-13-20(29)25-22-18(11-24)17-8-6-4-5-7-9-19(17)32-22/h10,12,14H,4-9,13H2,1-3H3,(H,25,29). The summed E-state index contributed by atoms with van der Waals surface area (Å²) in [6.45, 7) is 6.26. The van der Waals surface area contributed by atoms with E-state index in [1.807, 2.05) is 0 Å². The summed E-state index contributed by atoms with van der Waals surface area (Å²) in [4.78, 5) is 15.3. The Morgan fingerprint density at radius 1 is 1.28 bits per heavy atom. The SMILES string of the molecule is Cc1cc(-c2nnc(SCC(=O)Nc3sc4c(c3C#N)CCCCCC4)n2C(C)C)cs1. The van der Waals surface area contributed by atoms with Crippen LogP contribution in [0.2, 0.25) is 0 Å². The van der Waals surface area contributed by atoms with Gasteiger partial charge in [0.15, 0.2) is 11.0 Å². The highest BCUT2D eigenvalue weighted by Crippen LogP contribution is 2.37. The summed E-state index contributed by atoms with van der Waals surface area (Å²) in [5.41, 5.74) is 2.86. The molecule has 1 aliphatic rings. The molecule has 4 rings (SSSR count). The lowest BCUT2D eigenvalue weighted by Crippen LogP contribution is -2.15. The fourth-order valence-electron chi connectivity index (χ4n) is 4.02. The third-order valence-corrected chi connectivity index (χ3v) is 8.55.